The minimum absolute atomic E-state index is 0.133. The Balaban J connectivity index is 1.67. The number of rotatable bonds is 30. The van der Waals surface area contributed by atoms with Gasteiger partial charge in [-0.3, -0.25) is 0 Å². The average Bonchev–Trinajstić information content (AvgIpc) is 2.92. The third-order valence-corrected chi connectivity index (χ3v) is 8.61. The SMILES string of the molecule is CCCCCCCCCCCCCCCCCCCCCCCCCCCCCC(O)CC1CC=CC(=O)O1. The Morgan fingerprint density at radius 3 is 1.28 bits per heavy atom. The number of unbranched alkanes of at least 4 members (excludes halogenated alkanes) is 26. The fourth-order valence-electron chi connectivity index (χ4n) is 6.01. The van der Waals surface area contributed by atoms with Gasteiger partial charge in [0.25, 0.3) is 0 Å². The number of hydrogen-bond donors (Lipinski definition) is 1. The number of aliphatic hydroxyl groups is 1. The highest BCUT2D eigenvalue weighted by Gasteiger charge is 2.19. The van der Waals surface area contributed by atoms with Crippen molar-refractivity contribution in [3.8, 4) is 0 Å². The maximum atomic E-state index is 11.3. The van der Waals surface area contributed by atoms with E-state index in [1.54, 1.807) is 0 Å². The molecule has 2 atom stereocenters. The summed E-state index contributed by atoms with van der Waals surface area (Å²) in [6.07, 6.45) is 43.2. The first kappa shape index (κ1) is 36.2. The first-order chi connectivity index (χ1) is 19.2. The normalized spacial score (nSPS) is 16.1. The minimum atomic E-state index is -0.339. The van der Waals surface area contributed by atoms with E-state index in [2.05, 4.69) is 6.92 Å². The standard InChI is InChI=1S/C36H68O3/c1-2-3-4-5-6-7-8-9-10-11-12-13-14-15-16-17-18-19-20-21-22-23-24-25-26-27-28-30-34(37)33-35-31-29-32-36(38)39-35/h29,32,34-35,37H,2-28,30-31,33H2,1H3. The Bertz CT molecular complexity index is 543. The topological polar surface area (TPSA) is 46.5 Å². The summed E-state index contributed by atoms with van der Waals surface area (Å²) in [6.45, 7) is 2.30. The first-order valence-corrected chi connectivity index (χ1v) is 17.8. The zero-order valence-corrected chi connectivity index (χ0v) is 26.3. The van der Waals surface area contributed by atoms with Gasteiger partial charge in [0, 0.05) is 18.9 Å². The number of esters is 1. The quantitative estimate of drug-likeness (QED) is 0.0717. The molecule has 3 heteroatoms. The molecular weight excluding hydrogens is 480 g/mol. The van der Waals surface area contributed by atoms with Crippen molar-refractivity contribution >= 4 is 5.97 Å². The second-order valence-corrected chi connectivity index (χ2v) is 12.6. The van der Waals surface area contributed by atoms with Crippen molar-refractivity contribution in [1.29, 1.82) is 0 Å². The lowest BCUT2D eigenvalue weighted by Crippen LogP contribution is -2.25. The molecule has 39 heavy (non-hydrogen) atoms. The van der Waals surface area contributed by atoms with Gasteiger partial charge in [0.2, 0.25) is 0 Å². The van der Waals surface area contributed by atoms with E-state index in [0.717, 1.165) is 19.3 Å². The van der Waals surface area contributed by atoms with E-state index < -0.39 is 0 Å². The third-order valence-electron chi connectivity index (χ3n) is 8.61. The molecule has 1 heterocycles. The highest BCUT2D eigenvalue weighted by atomic mass is 16.5. The number of ether oxygens (including phenoxy) is 1. The Hall–Kier alpha value is -0.830. The van der Waals surface area contributed by atoms with Crippen molar-refractivity contribution in [3.05, 3.63) is 12.2 Å². The maximum absolute atomic E-state index is 11.3. The van der Waals surface area contributed by atoms with Gasteiger partial charge in [-0.15, -0.1) is 0 Å². The van der Waals surface area contributed by atoms with E-state index in [1.165, 1.54) is 173 Å². The lowest BCUT2D eigenvalue weighted by Gasteiger charge is -2.21. The van der Waals surface area contributed by atoms with E-state index in [-0.39, 0.29) is 18.2 Å². The van der Waals surface area contributed by atoms with E-state index in [4.69, 9.17) is 4.74 Å². The lowest BCUT2D eigenvalue weighted by atomic mass is 10.0. The Morgan fingerprint density at radius 2 is 0.949 bits per heavy atom. The monoisotopic (exact) mass is 549 g/mol. The predicted octanol–water partition coefficient (Wildman–Crippen LogP) is 11.6. The molecule has 2 unspecified atom stereocenters. The minimum Gasteiger partial charge on any atom is -0.459 e. The fourth-order valence-corrected chi connectivity index (χ4v) is 6.01. The summed E-state index contributed by atoms with van der Waals surface area (Å²) >= 11 is 0. The van der Waals surface area contributed by atoms with Gasteiger partial charge in [0.05, 0.1) is 6.10 Å². The van der Waals surface area contributed by atoms with Crippen molar-refractivity contribution in [3.63, 3.8) is 0 Å². The number of aliphatic hydroxyl groups excluding tert-OH is 1. The van der Waals surface area contributed by atoms with Crippen LogP contribution in [0, 0.1) is 0 Å². The molecule has 0 fully saturated rings. The van der Waals surface area contributed by atoms with Crippen molar-refractivity contribution < 1.29 is 14.6 Å². The Morgan fingerprint density at radius 1 is 0.615 bits per heavy atom. The zero-order chi connectivity index (χ0) is 28.1. The van der Waals surface area contributed by atoms with Crippen LogP contribution < -0.4 is 0 Å². The summed E-state index contributed by atoms with van der Waals surface area (Å²) < 4.78 is 5.23. The number of hydrogen-bond acceptors (Lipinski definition) is 3. The van der Waals surface area contributed by atoms with Crippen molar-refractivity contribution in [2.24, 2.45) is 0 Å². The molecule has 0 saturated heterocycles. The molecule has 0 aliphatic carbocycles. The summed E-state index contributed by atoms with van der Waals surface area (Å²) in [5.41, 5.74) is 0. The van der Waals surface area contributed by atoms with Crippen molar-refractivity contribution in [1.82, 2.24) is 0 Å². The second-order valence-electron chi connectivity index (χ2n) is 12.6. The van der Waals surface area contributed by atoms with Gasteiger partial charge in [-0.05, 0) is 6.42 Å². The van der Waals surface area contributed by atoms with Gasteiger partial charge >= 0.3 is 5.97 Å². The molecule has 0 aromatic carbocycles. The van der Waals surface area contributed by atoms with E-state index in [1.807, 2.05) is 6.08 Å². The molecule has 230 valence electrons. The van der Waals surface area contributed by atoms with Crippen LogP contribution in [-0.2, 0) is 9.53 Å². The molecule has 0 spiro atoms. The third kappa shape index (κ3) is 25.9. The van der Waals surface area contributed by atoms with Gasteiger partial charge in [0.15, 0.2) is 0 Å². The average molecular weight is 549 g/mol. The Labute approximate surface area is 244 Å². The molecule has 1 aliphatic heterocycles. The van der Waals surface area contributed by atoms with Crippen LogP contribution in [0.25, 0.3) is 0 Å². The number of cyclic esters (lactones) is 1. The predicted molar refractivity (Wildman–Crippen MR) is 169 cm³/mol. The van der Waals surface area contributed by atoms with Crippen LogP contribution in [0.2, 0.25) is 0 Å². The van der Waals surface area contributed by atoms with Gasteiger partial charge < -0.3 is 9.84 Å². The van der Waals surface area contributed by atoms with Gasteiger partial charge in [-0.1, -0.05) is 186 Å². The van der Waals surface area contributed by atoms with E-state index >= 15 is 0 Å². The largest absolute Gasteiger partial charge is 0.459 e. The van der Waals surface area contributed by atoms with Crippen LogP contribution in [0.5, 0.6) is 0 Å². The fraction of sp³-hybridized carbons (Fsp3) is 0.917. The van der Waals surface area contributed by atoms with Crippen molar-refractivity contribution in [2.75, 3.05) is 0 Å². The van der Waals surface area contributed by atoms with E-state index in [9.17, 15) is 9.90 Å². The summed E-state index contributed by atoms with van der Waals surface area (Å²) in [4.78, 5) is 11.3. The highest BCUT2D eigenvalue weighted by molar-refractivity contribution is 5.82. The summed E-state index contributed by atoms with van der Waals surface area (Å²) in [7, 11) is 0. The van der Waals surface area contributed by atoms with Gasteiger partial charge in [-0.25, -0.2) is 4.79 Å². The molecule has 0 saturated carbocycles. The second kappa shape index (κ2) is 28.7. The first-order valence-electron chi connectivity index (χ1n) is 17.8. The molecular formula is C36H68O3. The van der Waals surface area contributed by atoms with E-state index in [0.29, 0.717) is 6.42 Å². The smallest absolute Gasteiger partial charge is 0.330 e. The summed E-state index contributed by atoms with van der Waals surface area (Å²) in [5, 5.41) is 10.2. The molecule has 1 rings (SSSR count). The van der Waals surface area contributed by atoms with Crippen LogP contribution in [0.4, 0.5) is 0 Å². The van der Waals surface area contributed by atoms with Crippen LogP contribution in [0.1, 0.15) is 200 Å². The van der Waals surface area contributed by atoms with Crippen LogP contribution >= 0.6 is 0 Å². The lowest BCUT2D eigenvalue weighted by molar-refractivity contribution is -0.145. The van der Waals surface area contributed by atoms with Crippen molar-refractivity contribution in [2.45, 2.75) is 212 Å². The maximum Gasteiger partial charge on any atom is 0.330 e. The summed E-state index contributed by atoms with van der Waals surface area (Å²) in [6, 6.07) is 0. The molecule has 1 N–H and O–H groups in total. The molecule has 0 bridgehead atoms. The molecule has 1 aliphatic rings. The highest BCUT2D eigenvalue weighted by Crippen LogP contribution is 2.18. The Kier molecular flexibility index (Phi) is 26.6. The summed E-state index contributed by atoms with van der Waals surface area (Å²) in [5.74, 6) is -0.270. The zero-order valence-electron chi connectivity index (χ0n) is 26.3. The molecule has 0 amide bonds. The van der Waals surface area contributed by atoms with Crippen LogP contribution in [0.15, 0.2) is 12.2 Å². The number of carbonyl (C=O) groups is 1. The van der Waals surface area contributed by atoms with Crippen LogP contribution in [-0.4, -0.2) is 23.3 Å². The molecule has 0 aromatic rings. The van der Waals surface area contributed by atoms with Gasteiger partial charge in [-0.2, -0.15) is 0 Å². The van der Waals surface area contributed by atoms with Crippen LogP contribution in [0.3, 0.4) is 0 Å². The van der Waals surface area contributed by atoms with Gasteiger partial charge in [0.1, 0.15) is 6.10 Å². The molecule has 0 radical (unpaired) electrons. The molecule has 0 aromatic heterocycles. The number of carbonyl (C=O) groups excluding carboxylic acids is 1. The molecule has 3 nitrogen and oxygen atoms in total.